The second-order valence-electron chi connectivity index (χ2n) is 4.09. The molecule has 1 atom stereocenters. The van der Waals surface area contributed by atoms with Crippen LogP contribution in [0.3, 0.4) is 0 Å². The van der Waals surface area contributed by atoms with Crippen LogP contribution in [0.25, 0.3) is 0 Å². The van der Waals surface area contributed by atoms with Crippen LogP contribution in [0.4, 0.5) is 0 Å². The molecule has 100 valence electrons. The first-order valence-electron chi connectivity index (χ1n) is 5.98. The van der Waals surface area contributed by atoms with E-state index in [1.807, 2.05) is 16.8 Å². The summed E-state index contributed by atoms with van der Waals surface area (Å²) in [5.74, 6) is -1.73. The molecule has 0 saturated heterocycles. The van der Waals surface area contributed by atoms with E-state index in [0.29, 0.717) is 6.42 Å². The standard InChI is InChI=1S/C13H18O4S/c1-3-13(11(14)15,12(16)17-4-2)7-5-10-6-8-18-9-10/h6,8-9H,3-5,7H2,1-2H3,(H,14,15). The van der Waals surface area contributed by atoms with Crippen LogP contribution in [0.2, 0.25) is 0 Å². The Hall–Kier alpha value is -1.36. The van der Waals surface area contributed by atoms with Crippen LogP contribution in [-0.2, 0) is 20.7 Å². The van der Waals surface area contributed by atoms with Crippen LogP contribution >= 0.6 is 11.3 Å². The molecule has 0 saturated carbocycles. The number of aryl methyl sites for hydroxylation is 1. The first-order chi connectivity index (χ1) is 8.56. The van der Waals surface area contributed by atoms with Crippen molar-refractivity contribution in [1.29, 1.82) is 0 Å². The normalized spacial score (nSPS) is 13.9. The Kier molecular flexibility index (Phi) is 5.34. The minimum absolute atomic E-state index is 0.201. The molecule has 0 aliphatic carbocycles. The number of aliphatic carboxylic acids is 1. The number of hydrogen-bond acceptors (Lipinski definition) is 4. The third-order valence-electron chi connectivity index (χ3n) is 3.10. The Morgan fingerprint density at radius 2 is 2.17 bits per heavy atom. The molecule has 0 amide bonds. The lowest BCUT2D eigenvalue weighted by Crippen LogP contribution is -2.40. The summed E-state index contributed by atoms with van der Waals surface area (Å²) < 4.78 is 4.91. The molecule has 1 heterocycles. The lowest BCUT2D eigenvalue weighted by molar-refractivity contribution is -0.169. The SMILES string of the molecule is CCOC(=O)C(CC)(CCc1ccsc1)C(=O)O. The van der Waals surface area contributed by atoms with E-state index in [1.54, 1.807) is 25.2 Å². The minimum atomic E-state index is -1.42. The van der Waals surface area contributed by atoms with E-state index in [2.05, 4.69) is 0 Å². The van der Waals surface area contributed by atoms with Crippen molar-refractivity contribution in [3.8, 4) is 0 Å². The van der Waals surface area contributed by atoms with Crippen LogP contribution in [-0.4, -0.2) is 23.7 Å². The van der Waals surface area contributed by atoms with Gasteiger partial charge in [-0.05, 0) is 48.6 Å². The summed E-state index contributed by atoms with van der Waals surface area (Å²) in [4.78, 5) is 23.3. The molecule has 4 nitrogen and oxygen atoms in total. The van der Waals surface area contributed by atoms with Crippen molar-refractivity contribution in [2.45, 2.75) is 33.1 Å². The van der Waals surface area contributed by atoms with E-state index < -0.39 is 17.4 Å². The molecule has 0 aliphatic rings. The number of hydrogen-bond donors (Lipinski definition) is 1. The van der Waals surface area contributed by atoms with Crippen molar-refractivity contribution in [3.05, 3.63) is 22.4 Å². The van der Waals surface area contributed by atoms with Gasteiger partial charge in [-0.1, -0.05) is 6.92 Å². The molecule has 0 aliphatic heterocycles. The zero-order valence-electron chi connectivity index (χ0n) is 10.6. The van der Waals surface area contributed by atoms with Gasteiger partial charge in [0.25, 0.3) is 0 Å². The highest BCUT2D eigenvalue weighted by molar-refractivity contribution is 7.07. The van der Waals surface area contributed by atoms with Gasteiger partial charge in [0, 0.05) is 0 Å². The summed E-state index contributed by atoms with van der Waals surface area (Å²) in [5, 5.41) is 13.3. The molecule has 1 rings (SSSR count). The molecule has 1 unspecified atom stereocenters. The van der Waals surface area contributed by atoms with Crippen LogP contribution in [0, 0.1) is 5.41 Å². The third kappa shape index (κ3) is 3.10. The molecule has 18 heavy (non-hydrogen) atoms. The number of carbonyl (C=O) groups is 2. The average molecular weight is 270 g/mol. The molecule has 1 N–H and O–H groups in total. The molecule has 5 heteroatoms. The Bertz CT molecular complexity index is 399. The van der Waals surface area contributed by atoms with Gasteiger partial charge in [0.1, 0.15) is 0 Å². The summed E-state index contributed by atoms with van der Waals surface area (Å²) in [6.45, 7) is 3.59. The molecule has 1 aromatic rings. The summed E-state index contributed by atoms with van der Waals surface area (Å²) in [6.07, 6.45) is 1.09. The zero-order valence-corrected chi connectivity index (χ0v) is 11.5. The molecular formula is C13H18O4S. The maximum absolute atomic E-state index is 11.9. The van der Waals surface area contributed by atoms with Gasteiger partial charge in [-0.3, -0.25) is 9.59 Å². The highest BCUT2D eigenvalue weighted by Gasteiger charge is 2.45. The highest BCUT2D eigenvalue weighted by atomic mass is 32.1. The van der Waals surface area contributed by atoms with Crippen LogP contribution < -0.4 is 0 Å². The van der Waals surface area contributed by atoms with E-state index >= 15 is 0 Å². The second-order valence-corrected chi connectivity index (χ2v) is 4.87. The minimum Gasteiger partial charge on any atom is -0.480 e. The highest BCUT2D eigenvalue weighted by Crippen LogP contribution is 2.31. The fourth-order valence-electron chi connectivity index (χ4n) is 1.83. The molecular weight excluding hydrogens is 252 g/mol. The summed E-state index contributed by atoms with van der Waals surface area (Å²) in [7, 11) is 0. The van der Waals surface area contributed by atoms with Crippen LogP contribution in [0.1, 0.15) is 32.3 Å². The van der Waals surface area contributed by atoms with Crippen molar-refractivity contribution in [1.82, 2.24) is 0 Å². The van der Waals surface area contributed by atoms with Gasteiger partial charge in [0.2, 0.25) is 0 Å². The number of thiophene rings is 1. The monoisotopic (exact) mass is 270 g/mol. The number of carboxylic acid groups (broad SMARTS) is 1. The van der Waals surface area contributed by atoms with Crippen LogP contribution in [0.15, 0.2) is 16.8 Å². The molecule has 0 spiro atoms. The van der Waals surface area contributed by atoms with Crippen LogP contribution in [0.5, 0.6) is 0 Å². The topological polar surface area (TPSA) is 63.6 Å². The van der Waals surface area contributed by atoms with Crippen molar-refractivity contribution < 1.29 is 19.4 Å². The van der Waals surface area contributed by atoms with Gasteiger partial charge in [-0.25, -0.2) is 0 Å². The van der Waals surface area contributed by atoms with Gasteiger partial charge in [-0.15, -0.1) is 0 Å². The van der Waals surface area contributed by atoms with Gasteiger partial charge in [0.15, 0.2) is 5.41 Å². The number of carbonyl (C=O) groups excluding carboxylic acids is 1. The van der Waals surface area contributed by atoms with Crippen molar-refractivity contribution in [3.63, 3.8) is 0 Å². The van der Waals surface area contributed by atoms with Crippen molar-refractivity contribution in [2.24, 2.45) is 5.41 Å². The third-order valence-corrected chi connectivity index (χ3v) is 3.83. The molecule has 0 bridgehead atoms. The van der Waals surface area contributed by atoms with E-state index in [9.17, 15) is 14.7 Å². The van der Waals surface area contributed by atoms with E-state index in [-0.39, 0.29) is 19.4 Å². The fraction of sp³-hybridized carbons (Fsp3) is 0.538. The predicted octanol–water partition coefficient (Wildman–Crippen LogP) is 2.72. The molecule has 1 aromatic heterocycles. The summed E-state index contributed by atoms with van der Waals surface area (Å²) >= 11 is 1.56. The first kappa shape index (κ1) is 14.7. The first-order valence-corrected chi connectivity index (χ1v) is 6.92. The molecule has 0 fully saturated rings. The Labute approximate surface area is 111 Å². The molecule has 0 radical (unpaired) electrons. The Morgan fingerprint density at radius 3 is 2.61 bits per heavy atom. The van der Waals surface area contributed by atoms with Crippen molar-refractivity contribution >= 4 is 23.3 Å². The summed E-state index contributed by atoms with van der Waals surface area (Å²) in [6, 6.07) is 1.94. The maximum atomic E-state index is 11.9. The second kappa shape index (κ2) is 6.54. The number of esters is 1. The van der Waals surface area contributed by atoms with Gasteiger partial charge in [-0.2, -0.15) is 11.3 Å². The Morgan fingerprint density at radius 1 is 1.44 bits per heavy atom. The van der Waals surface area contributed by atoms with E-state index in [1.165, 1.54) is 0 Å². The number of ether oxygens (including phenoxy) is 1. The van der Waals surface area contributed by atoms with E-state index in [0.717, 1.165) is 5.56 Å². The summed E-state index contributed by atoms with van der Waals surface area (Å²) in [5.41, 5.74) is -0.360. The average Bonchev–Trinajstić information content (AvgIpc) is 2.83. The lowest BCUT2D eigenvalue weighted by atomic mass is 9.80. The zero-order chi connectivity index (χ0) is 13.6. The predicted molar refractivity (Wildman–Crippen MR) is 69.6 cm³/mol. The quantitative estimate of drug-likeness (QED) is 0.611. The largest absolute Gasteiger partial charge is 0.480 e. The maximum Gasteiger partial charge on any atom is 0.323 e. The smallest absolute Gasteiger partial charge is 0.323 e. The van der Waals surface area contributed by atoms with Gasteiger partial charge < -0.3 is 9.84 Å². The van der Waals surface area contributed by atoms with Gasteiger partial charge >= 0.3 is 11.9 Å². The fourth-order valence-corrected chi connectivity index (χ4v) is 2.53. The Balaban J connectivity index is 2.83. The number of rotatable bonds is 7. The van der Waals surface area contributed by atoms with Crippen molar-refractivity contribution in [2.75, 3.05) is 6.61 Å². The van der Waals surface area contributed by atoms with E-state index in [4.69, 9.17) is 4.74 Å². The molecule has 0 aromatic carbocycles. The lowest BCUT2D eigenvalue weighted by Gasteiger charge is -2.25. The number of carboxylic acids is 1. The van der Waals surface area contributed by atoms with Gasteiger partial charge in [0.05, 0.1) is 6.61 Å².